The molecule has 0 fully saturated rings. The van der Waals surface area contributed by atoms with Gasteiger partial charge in [-0.1, -0.05) is 50.7 Å². The SMILES string of the molecule is CCCCN(C)S(=O)(=O)c1ccc(C(=O)N(CCn2nc(C)cc2C)c2nc3c(C(C)C)cccc3s2)cc1. The van der Waals surface area contributed by atoms with Crippen molar-refractivity contribution in [1.82, 2.24) is 19.1 Å². The van der Waals surface area contributed by atoms with E-state index in [-0.39, 0.29) is 10.8 Å². The number of aromatic nitrogens is 3. The number of rotatable bonds is 11. The van der Waals surface area contributed by atoms with Gasteiger partial charge in [-0.3, -0.25) is 14.4 Å². The lowest BCUT2D eigenvalue weighted by Gasteiger charge is -2.21. The summed E-state index contributed by atoms with van der Waals surface area (Å²) in [6, 6.07) is 14.3. The number of carbonyl (C=O) groups excluding carboxylic acids is 1. The summed E-state index contributed by atoms with van der Waals surface area (Å²) in [6.45, 7) is 11.6. The lowest BCUT2D eigenvalue weighted by Crippen LogP contribution is -2.34. The van der Waals surface area contributed by atoms with E-state index < -0.39 is 10.0 Å². The Kier molecular flexibility index (Phi) is 8.88. The third-order valence-corrected chi connectivity index (χ3v) is 9.73. The molecular formula is C29H37N5O3S2. The number of unbranched alkanes of at least 4 members (excludes halogenated alkanes) is 1. The smallest absolute Gasteiger partial charge is 0.260 e. The molecule has 0 radical (unpaired) electrons. The van der Waals surface area contributed by atoms with E-state index in [2.05, 4.69) is 25.0 Å². The van der Waals surface area contributed by atoms with Gasteiger partial charge in [0.2, 0.25) is 10.0 Å². The number of carbonyl (C=O) groups is 1. The van der Waals surface area contributed by atoms with Gasteiger partial charge < -0.3 is 0 Å². The number of para-hydroxylation sites is 1. The van der Waals surface area contributed by atoms with Gasteiger partial charge in [-0.2, -0.15) is 5.10 Å². The van der Waals surface area contributed by atoms with Gasteiger partial charge >= 0.3 is 0 Å². The summed E-state index contributed by atoms with van der Waals surface area (Å²) in [4.78, 5) is 20.7. The van der Waals surface area contributed by atoms with Crippen molar-refractivity contribution in [2.45, 2.75) is 64.8 Å². The van der Waals surface area contributed by atoms with E-state index in [1.807, 2.05) is 43.7 Å². The summed E-state index contributed by atoms with van der Waals surface area (Å²) in [6.07, 6.45) is 1.70. The Labute approximate surface area is 235 Å². The van der Waals surface area contributed by atoms with Gasteiger partial charge in [0.05, 0.1) is 27.4 Å². The fraction of sp³-hybridized carbons (Fsp3) is 0.414. The van der Waals surface area contributed by atoms with Gasteiger partial charge in [0.1, 0.15) is 0 Å². The second kappa shape index (κ2) is 12.0. The van der Waals surface area contributed by atoms with E-state index in [1.54, 1.807) is 24.1 Å². The number of nitrogens with zero attached hydrogens (tertiary/aromatic N) is 5. The van der Waals surface area contributed by atoms with Crippen molar-refractivity contribution in [3.63, 3.8) is 0 Å². The van der Waals surface area contributed by atoms with E-state index in [9.17, 15) is 13.2 Å². The maximum Gasteiger partial charge on any atom is 0.260 e. The number of anilines is 1. The molecular weight excluding hydrogens is 530 g/mol. The fourth-order valence-corrected chi connectivity index (χ4v) is 6.76. The molecule has 0 saturated carbocycles. The third-order valence-electron chi connectivity index (χ3n) is 6.81. The molecule has 0 unspecified atom stereocenters. The van der Waals surface area contributed by atoms with Crippen LogP contribution >= 0.6 is 11.3 Å². The summed E-state index contributed by atoms with van der Waals surface area (Å²) in [5, 5.41) is 5.17. The molecule has 1 amide bonds. The molecule has 39 heavy (non-hydrogen) atoms. The number of hydrogen-bond acceptors (Lipinski definition) is 6. The number of amides is 1. The van der Waals surface area contributed by atoms with E-state index in [1.165, 1.54) is 27.8 Å². The molecule has 2 aromatic heterocycles. The molecule has 0 aliphatic heterocycles. The van der Waals surface area contributed by atoms with Crippen LogP contribution in [0.2, 0.25) is 0 Å². The Morgan fingerprint density at radius 3 is 2.41 bits per heavy atom. The van der Waals surface area contributed by atoms with Crippen LogP contribution in [-0.4, -0.2) is 53.5 Å². The normalized spacial score (nSPS) is 12.1. The molecule has 4 rings (SSSR count). The highest BCUT2D eigenvalue weighted by Crippen LogP contribution is 2.34. The molecule has 0 aliphatic rings. The maximum atomic E-state index is 13.9. The average Bonchev–Trinajstić information content (AvgIpc) is 3.48. The number of benzene rings is 2. The molecule has 208 valence electrons. The first-order valence-corrected chi connectivity index (χ1v) is 15.6. The number of fused-ring (bicyclic) bond motifs is 1. The third kappa shape index (κ3) is 6.23. The van der Waals surface area contributed by atoms with Crippen LogP contribution in [0.4, 0.5) is 5.13 Å². The first-order chi connectivity index (χ1) is 18.5. The molecule has 10 heteroatoms. The van der Waals surface area contributed by atoms with E-state index in [4.69, 9.17) is 4.98 Å². The van der Waals surface area contributed by atoms with Crippen LogP contribution in [0.15, 0.2) is 53.4 Å². The zero-order valence-electron chi connectivity index (χ0n) is 23.5. The molecule has 0 saturated heterocycles. The summed E-state index contributed by atoms with van der Waals surface area (Å²) in [7, 11) is -2.03. The van der Waals surface area contributed by atoms with Crippen LogP contribution in [-0.2, 0) is 16.6 Å². The maximum absolute atomic E-state index is 13.9. The quantitative estimate of drug-likeness (QED) is 0.222. The van der Waals surface area contributed by atoms with Crippen LogP contribution in [0.5, 0.6) is 0 Å². The van der Waals surface area contributed by atoms with Crippen LogP contribution in [0.3, 0.4) is 0 Å². The van der Waals surface area contributed by atoms with Gasteiger partial charge in [0, 0.05) is 31.4 Å². The molecule has 2 aromatic carbocycles. The van der Waals surface area contributed by atoms with Crippen LogP contribution in [0, 0.1) is 13.8 Å². The summed E-state index contributed by atoms with van der Waals surface area (Å²) < 4.78 is 30.2. The highest BCUT2D eigenvalue weighted by molar-refractivity contribution is 7.89. The highest BCUT2D eigenvalue weighted by atomic mass is 32.2. The molecule has 0 aliphatic carbocycles. The monoisotopic (exact) mass is 567 g/mol. The van der Waals surface area contributed by atoms with Crippen LogP contribution in [0.25, 0.3) is 10.2 Å². The van der Waals surface area contributed by atoms with E-state index in [0.29, 0.717) is 36.2 Å². The second-order valence-electron chi connectivity index (χ2n) is 10.2. The van der Waals surface area contributed by atoms with Crippen molar-refractivity contribution in [3.05, 3.63) is 71.0 Å². The molecule has 0 spiro atoms. The summed E-state index contributed by atoms with van der Waals surface area (Å²) in [5.74, 6) is 0.0671. The zero-order chi connectivity index (χ0) is 28.3. The first kappa shape index (κ1) is 28.9. The number of sulfonamides is 1. The minimum atomic E-state index is -3.62. The molecule has 0 N–H and O–H groups in total. The van der Waals surface area contributed by atoms with Gasteiger partial charge in [-0.05, 0) is 68.1 Å². The van der Waals surface area contributed by atoms with Gasteiger partial charge in [0.15, 0.2) is 5.13 Å². The van der Waals surface area contributed by atoms with Crippen molar-refractivity contribution in [3.8, 4) is 0 Å². The number of hydrogen-bond donors (Lipinski definition) is 0. The van der Waals surface area contributed by atoms with E-state index >= 15 is 0 Å². The molecule has 8 nitrogen and oxygen atoms in total. The standard InChI is InChI=1S/C29H37N5O3S2/c1-7-8-16-32(6)39(36,37)24-14-12-23(13-15-24)28(35)33(17-18-34-22(5)19-21(4)31-34)29-30-27-25(20(2)3)10-9-11-26(27)38-29/h9-15,19-20H,7-8,16-18H2,1-6H3. The Bertz CT molecular complexity index is 1560. The number of aryl methyl sites for hydroxylation is 2. The van der Waals surface area contributed by atoms with Gasteiger partial charge in [-0.15, -0.1) is 0 Å². The summed E-state index contributed by atoms with van der Waals surface area (Å²) in [5.41, 5.74) is 4.40. The second-order valence-corrected chi connectivity index (χ2v) is 13.2. The molecule has 0 atom stereocenters. The predicted octanol–water partition coefficient (Wildman–Crippen LogP) is 6.00. The minimum Gasteiger partial charge on any atom is -0.282 e. The van der Waals surface area contributed by atoms with Gasteiger partial charge in [-0.25, -0.2) is 17.7 Å². The van der Waals surface area contributed by atoms with Crippen molar-refractivity contribution >= 4 is 42.6 Å². The topological polar surface area (TPSA) is 88.4 Å². The molecule has 0 bridgehead atoms. The predicted molar refractivity (Wildman–Crippen MR) is 158 cm³/mol. The fourth-order valence-electron chi connectivity index (χ4n) is 4.53. The first-order valence-electron chi connectivity index (χ1n) is 13.3. The lowest BCUT2D eigenvalue weighted by atomic mass is 10.0. The van der Waals surface area contributed by atoms with Crippen LogP contribution in [0.1, 0.15) is 66.8 Å². The van der Waals surface area contributed by atoms with Crippen molar-refractivity contribution in [1.29, 1.82) is 0 Å². The average molecular weight is 568 g/mol. The Morgan fingerprint density at radius 1 is 1.08 bits per heavy atom. The lowest BCUT2D eigenvalue weighted by molar-refractivity contribution is 0.0985. The van der Waals surface area contributed by atoms with Crippen molar-refractivity contribution in [2.24, 2.45) is 0 Å². The number of thiazole rings is 1. The van der Waals surface area contributed by atoms with E-state index in [0.717, 1.165) is 40.0 Å². The Hall–Kier alpha value is -3.08. The van der Waals surface area contributed by atoms with Gasteiger partial charge in [0.25, 0.3) is 5.91 Å². The minimum absolute atomic E-state index is 0.174. The highest BCUT2D eigenvalue weighted by Gasteiger charge is 2.25. The van der Waals surface area contributed by atoms with Crippen LogP contribution < -0.4 is 4.90 Å². The Morgan fingerprint density at radius 2 is 1.79 bits per heavy atom. The zero-order valence-corrected chi connectivity index (χ0v) is 25.1. The molecule has 2 heterocycles. The molecule has 4 aromatic rings. The largest absolute Gasteiger partial charge is 0.282 e. The van der Waals surface area contributed by atoms with Crippen molar-refractivity contribution < 1.29 is 13.2 Å². The Balaban J connectivity index is 1.68. The van der Waals surface area contributed by atoms with Crippen molar-refractivity contribution in [2.75, 3.05) is 25.0 Å². The summed E-state index contributed by atoms with van der Waals surface area (Å²) >= 11 is 1.49.